The minimum atomic E-state index is -3.68. The van der Waals surface area contributed by atoms with Crippen molar-refractivity contribution in [2.75, 3.05) is 4.72 Å². The summed E-state index contributed by atoms with van der Waals surface area (Å²) >= 11 is 1.06. The summed E-state index contributed by atoms with van der Waals surface area (Å²) in [5.41, 5.74) is 1.39. The summed E-state index contributed by atoms with van der Waals surface area (Å²) in [7, 11) is -3.68. The first kappa shape index (κ1) is 17.3. The van der Waals surface area contributed by atoms with Gasteiger partial charge in [0.25, 0.3) is 10.0 Å². The fraction of sp³-hybridized carbons (Fsp3) is 0.105. The molecule has 0 aliphatic heterocycles. The molecule has 0 fully saturated rings. The van der Waals surface area contributed by atoms with Gasteiger partial charge in [0, 0.05) is 4.90 Å². The zero-order valence-corrected chi connectivity index (χ0v) is 15.2. The van der Waals surface area contributed by atoms with Crippen LogP contribution in [0.15, 0.2) is 70.5 Å². The fourth-order valence-corrected chi connectivity index (χ4v) is 4.20. The monoisotopic (exact) mass is 368 g/mol. The molecular weight excluding hydrogens is 352 g/mol. The Morgan fingerprint density at radius 1 is 1.04 bits per heavy atom. The maximum atomic E-state index is 12.8. The van der Waals surface area contributed by atoms with Crippen molar-refractivity contribution in [3.05, 3.63) is 66.2 Å². The maximum Gasteiger partial charge on any atom is 0.261 e. The summed E-state index contributed by atoms with van der Waals surface area (Å²) in [6.07, 6.45) is 0.662. The molecule has 4 nitrogen and oxygen atoms in total. The lowest BCUT2D eigenvalue weighted by molar-refractivity contribution is 0.601. The van der Waals surface area contributed by atoms with E-state index in [4.69, 9.17) is 5.26 Å². The SMILES string of the molecule is CCc1cc(SC#N)ccc1NS(=O)(=O)c1ccc2ccccc2c1. The van der Waals surface area contributed by atoms with Gasteiger partial charge in [-0.2, -0.15) is 5.26 Å². The summed E-state index contributed by atoms with van der Waals surface area (Å²) in [6.45, 7) is 1.95. The minimum absolute atomic E-state index is 0.226. The summed E-state index contributed by atoms with van der Waals surface area (Å²) < 4.78 is 28.2. The van der Waals surface area contributed by atoms with Crippen LogP contribution in [0.5, 0.6) is 0 Å². The van der Waals surface area contributed by atoms with Crippen LogP contribution in [-0.2, 0) is 16.4 Å². The Hall–Kier alpha value is -2.49. The number of thiocyanates is 1. The molecule has 0 bridgehead atoms. The van der Waals surface area contributed by atoms with Crippen LogP contribution in [0.1, 0.15) is 12.5 Å². The quantitative estimate of drug-likeness (QED) is 0.520. The molecular formula is C19H16N2O2S2. The zero-order chi connectivity index (χ0) is 17.9. The molecule has 3 aromatic rings. The third kappa shape index (κ3) is 3.78. The van der Waals surface area contributed by atoms with E-state index in [1.165, 1.54) is 0 Å². The number of hydrogen-bond donors (Lipinski definition) is 1. The first-order chi connectivity index (χ1) is 12.0. The molecule has 0 radical (unpaired) electrons. The van der Waals surface area contributed by atoms with Crippen molar-refractivity contribution in [3.63, 3.8) is 0 Å². The summed E-state index contributed by atoms with van der Waals surface area (Å²) in [5.74, 6) is 0. The molecule has 0 aliphatic rings. The number of nitriles is 1. The first-order valence-electron chi connectivity index (χ1n) is 7.74. The van der Waals surface area contributed by atoms with Gasteiger partial charge in [-0.1, -0.05) is 37.3 Å². The van der Waals surface area contributed by atoms with Crippen molar-refractivity contribution >= 4 is 38.2 Å². The molecule has 0 atom stereocenters. The Morgan fingerprint density at radius 3 is 2.52 bits per heavy atom. The number of fused-ring (bicyclic) bond motifs is 1. The van der Waals surface area contributed by atoms with Gasteiger partial charge in [-0.3, -0.25) is 4.72 Å². The van der Waals surface area contributed by atoms with Crippen LogP contribution in [0.3, 0.4) is 0 Å². The highest BCUT2D eigenvalue weighted by Gasteiger charge is 2.16. The standard InChI is InChI=1S/C19H16N2O2S2/c1-2-14-11-17(24-13-20)8-10-19(14)21-25(22,23)18-9-7-15-5-3-4-6-16(15)12-18/h3-12,21H,2H2,1H3. The van der Waals surface area contributed by atoms with Crippen molar-refractivity contribution in [3.8, 4) is 5.40 Å². The third-order valence-corrected chi connectivity index (χ3v) is 5.84. The molecule has 3 rings (SSSR count). The van der Waals surface area contributed by atoms with Crippen LogP contribution in [0.25, 0.3) is 10.8 Å². The predicted octanol–water partition coefficient (Wildman–Crippen LogP) is 4.78. The molecule has 6 heteroatoms. The van der Waals surface area contributed by atoms with Crippen LogP contribution in [-0.4, -0.2) is 8.42 Å². The largest absolute Gasteiger partial charge is 0.279 e. The molecule has 0 aliphatic carbocycles. The molecule has 3 aromatic carbocycles. The number of hydrogen-bond acceptors (Lipinski definition) is 4. The van der Waals surface area contributed by atoms with Gasteiger partial charge in [-0.15, -0.1) is 0 Å². The molecule has 0 spiro atoms. The van der Waals surface area contributed by atoms with Gasteiger partial charge >= 0.3 is 0 Å². The summed E-state index contributed by atoms with van der Waals surface area (Å²) in [4.78, 5) is 1.02. The van der Waals surface area contributed by atoms with Crippen LogP contribution < -0.4 is 4.72 Å². The lowest BCUT2D eigenvalue weighted by Crippen LogP contribution is -2.14. The molecule has 0 aromatic heterocycles. The summed E-state index contributed by atoms with van der Waals surface area (Å²) in [5, 5.41) is 12.7. The second-order valence-corrected chi connectivity index (χ2v) is 8.02. The van der Waals surface area contributed by atoms with Gasteiger partial charge in [0.2, 0.25) is 0 Å². The van der Waals surface area contributed by atoms with Gasteiger partial charge in [-0.25, -0.2) is 8.42 Å². The highest BCUT2D eigenvalue weighted by molar-refractivity contribution is 8.03. The number of thioether (sulfide) groups is 1. The smallest absolute Gasteiger partial charge is 0.261 e. The first-order valence-corrected chi connectivity index (χ1v) is 10.0. The van der Waals surface area contributed by atoms with E-state index in [1.807, 2.05) is 42.7 Å². The minimum Gasteiger partial charge on any atom is -0.279 e. The fourth-order valence-electron chi connectivity index (χ4n) is 2.62. The van der Waals surface area contributed by atoms with E-state index in [2.05, 4.69) is 4.72 Å². The van der Waals surface area contributed by atoms with Gasteiger partial charge in [-0.05, 0) is 64.9 Å². The molecule has 126 valence electrons. The van der Waals surface area contributed by atoms with Gasteiger partial charge in [0.05, 0.1) is 10.6 Å². The molecule has 0 saturated heterocycles. The normalized spacial score (nSPS) is 11.2. The van der Waals surface area contributed by atoms with E-state index in [0.29, 0.717) is 12.1 Å². The van der Waals surface area contributed by atoms with Crippen molar-refractivity contribution in [2.24, 2.45) is 0 Å². The number of benzene rings is 3. The van der Waals surface area contributed by atoms with E-state index in [-0.39, 0.29) is 4.90 Å². The molecule has 0 unspecified atom stereocenters. The van der Waals surface area contributed by atoms with Crippen LogP contribution in [0, 0.1) is 10.7 Å². The third-order valence-electron chi connectivity index (χ3n) is 3.90. The molecule has 1 N–H and O–H groups in total. The number of nitrogens with one attached hydrogen (secondary N) is 1. The molecule has 0 heterocycles. The Morgan fingerprint density at radius 2 is 1.80 bits per heavy atom. The lowest BCUT2D eigenvalue weighted by atomic mass is 10.1. The van der Waals surface area contributed by atoms with E-state index in [9.17, 15) is 8.42 Å². The van der Waals surface area contributed by atoms with E-state index in [0.717, 1.165) is 33.0 Å². The van der Waals surface area contributed by atoms with Crippen LogP contribution in [0.4, 0.5) is 5.69 Å². The highest BCUT2D eigenvalue weighted by atomic mass is 32.2. The molecule has 0 amide bonds. The van der Waals surface area contributed by atoms with Gasteiger partial charge < -0.3 is 0 Å². The molecule has 25 heavy (non-hydrogen) atoms. The number of rotatable bonds is 5. The second-order valence-electron chi connectivity index (χ2n) is 5.48. The van der Waals surface area contributed by atoms with Crippen molar-refractivity contribution in [1.82, 2.24) is 0 Å². The number of anilines is 1. The average molecular weight is 368 g/mol. The topological polar surface area (TPSA) is 70.0 Å². The van der Waals surface area contributed by atoms with Crippen molar-refractivity contribution in [1.29, 1.82) is 5.26 Å². The van der Waals surface area contributed by atoms with Crippen LogP contribution in [0.2, 0.25) is 0 Å². The Labute approximate surface area is 151 Å². The van der Waals surface area contributed by atoms with Crippen LogP contribution >= 0.6 is 11.8 Å². The highest BCUT2D eigenvalue weighted by Crippen LogP contribution is 2.27. The molecule has 0 saturated carbocycles. The second kappa shape index (κ2) is 7.18. The van der Waals surface area contributed by atoms with E-state index < -0.39 is 10.0 Å². The zero-order valence-electron chi connectivity index (χ0n) is 13.6. The Bertz CT molecular complexity index is 1070. The Balaban J connectivity index is 1.96. The Kier molecular flexibility index (Phi) is 4.98. The average Bonchev–Trinajstić information content (AvgIpc) is 2.62. The summed E-state index contributed by atoms with van der Waals surface area (Å²) in [6, 6.07) is 18.0. The number of aryl methyl sites for hydroxylation is 1. The maximum absolute atomic E-state index is 12.8. The predicted molar refractivity (Wildman–Crippen MR) is 102 cm³/mol. The van der Waals surface area contributed by atoms with Crippen molar-refractivity contribution in [2.45, 2.75) is 23.1 Å². The number of nitrogens with zero attached hydrogens (tertiary/aromatic N) is 1. The van der Waals surface area contributed by atoms with E-state index in [1.54, 1.807) is 30.3 Å². The lowest BCUT2D eigenvalue weighted by Gasteiger charge is -2.13. The van der Waals surface area contributed by atoms with Crippen molar-refractivity contribution < 1.29 is 8.42 Å². The van der Waals surface area contributed by atoms with E-state index >= 15 is 0 Å². The van der Waals surface area contributed by atoms with Gasteiger partial charge in [0.15, 0.2) is 0 Å². The number of sulfonamides is 1. The van der Waals surface area contributed by atoms with Gasteiger partial charge in [0.1, 0.15) is 5.40 Å².